The molecule has 4 nitrogen and oxygen atoms in total. The average molecular weight is 298 g/mol. The fraction of sp³-hybridized carbons (Fsp3) is 0.278. The largest absolute Gasteiger partial charge is 0.491 e. The molecular formula is C18H22N2O2. The van der Waals surface area contributed by atoms with Crippen LogP contribution in [0.2, 0.25) is 0 Å². The minimum absolute atomic E-state index is 0.220. The summed E-state index contributed by atoms with van der Waals surface area (Å²) in [5.74, 6) is 0.847. The van der Waals surface area contributed by atoms with Gasteiger partial charge in [0.25, 0.3) is 0 Å². The maximum Gasteiger partial charge on any atom is 0.319 e. The summed E-state index contributed by atoms with van der Waals surface area (Å²) in [6.07, 6.45) is 0. The number of amides is 2. The highest BCUT2D eigenvalue weighted by Gasteiger charge is 2.04. The van der Waals surface area contributed by atoms with E-state index in [1.807, 2.05) is 63.2 Å². The van der Waals surface area contributed by atoms with Crippen LogP contribution in [0.3, 0.4) is 0 Å². The summed E-state index contributed by atoms with van der Waals surface area (Å²) in [7, 11) is 0. The molecule has 0 spiro atoms. The molecule has 2 aromatic carbocycles. The second-order valence-electron chi connectivity index (χ2n) is 5.31. The Kier molecular flexibility index (Phi) is 5.42. The molecule has 0 saturated heterocycles. The normalized spacial score (nSPS) is 10.1. The Morgan fingerprint density at radius 1 is 1.05 bits per heavy atom. The first-order valence-electron chi connectivity index (χ1n) is 7.37. The molecule has 0 unspecified atom stereocenters. The Morgan fingerprint density at radius 3 is 2.59 bits per heavy atom. The van der Waals surface area contributed by atoms with Crippen LogP contribution in [0.15, 0.2) is 42.5 Å². The maximum atomic E-state index is 11.9. The first-order valence-corrected chi connectivity index (χ1v) is 7.37. The summed E-state index contributed by atoms with van der Waals surface area (Å²) in [6, 6.07) is 13.6. The number of aryl methyl sites for hydroxylation is 3. The van der Waals surface area contributed by atoms with Gasteiger partial charge in [-0.05, 0) is 49.6 Å². The lowest BCUT2D eigenvalue weighted by Gasteiger charge is -2.12. The molecule has 116 valence electrons. The number of hydrogen-bond acceptors (Lipinski definition) is 2. The van der Waals surface area contributed by atoms with E-state index in [9.17, 15) is 4.79 Å². The molecule has 2 rings (SSSR count). The topological polar surface area (TPSA) is 50.4 Å². The van der Waals surface area contributed by atoms with E-state index in [-0.39, 0.29) is 6.03 Å². The SMILES string of the molecule is Cc1ccc(C)c(NC(=O)NCCOc2ccccc2C)c1. The second-order valence-corrected chi connectivity index (χ2v) is 5.31. The third kappa shape index (κ3) is 4.52. The van der Waals surface area contributed by atoms with E-state index in [4.69, 9.17) is 4.74 Å². The first kappa shape index (κ1) is 15.9. The van der Waals surface area contributed by atoms with Crippen LogP contribution in [0.5, 0.6) is 5.75 Å². The van der Waals surface area contributed by atoms with Crippen molar-refractivity contribution in [1.29, 1.82) is 0 Å². The van der Waals surface area contributed by atoms with Gasteiger partial charge in [0.2, 0.25) is 0 Å². The molecule has 0 bridgehead atoms. The van der Waals surface area contributed by atoms with E-state index in [0.29, 0.717) is 13.2 Å². The van der Waals surface area contributed by atoms with Crippen molar-refractivity contribution in [2.45, 2.75) is 20.8 Å². The third-order valence-electron chi connectivity index (χ3n) is 3.38. The van der Waals surface area contributed by atoms with Crippen LogP contribution in [-0.2, 0) is 0 Å². The molecule has 0 aliphatic rings. The number of rotatable bonds is 5. The Morgan fingerprint density at radius 2 is 1.82 bits per heavy atom. The van der Waals surface area contributed by atoms with Gasteiger partial charge in [-0.25, -0.2) is 4.79 Å². The van der Waals surface area contributed by atoms with Crippen molar-refractivity contribution >= 4 is 11.7 Å². The van der Waals surface area contributed by atoms with Gasteiger partial charge in [-0.15, -0.1) is 0 Å². The van der Waals surface area contributed by atoms with Crippen molar-refractivity contribution in [2.75, 3.05) is 18.5 Å². The Balaban J connectivity index is 1.76. The zero-order valence-corrected chi connectivity index (χ0v) is 13.3. The lowest BCUT2D eigenvalue weighted by molar-refractivity contribution is 0.247. The molecule has 0 aromatic heterocycles. The lowest BCUT2D eigenvalue weighted by atomic mass is 10.1. The fourth-order valence-corrected chi connectivity index (χ4v) is 2.08. The van der Waals surface area contributed by atoms with Crippen LogP contribution in [0, 0.1) is 20.8 Å². The summed E-state index contributed by atoms with van der Waals surface area (Å²) in [5.41, 5.74) is 4.07. The van der Waals surface area contributed by atoms with Crippen LogP contribution in [0.4, 0.5) is 10.5 Å². The van der Waals surface area contributed by atoms with Crippen LogP contribution < -0.4 is 15.4 Å². The van der Waals surface area contributed by atoms with Gasteiger partial charge in [-0.1, -0.05) is 30.3 Å². The molecule has 0 atom stereocenters. The van der Waals surface area contributed by atoms with Gasteiger partial charge in [0.15, 0.2) is 0 Å². The van der Waals surface area contributed by atoms with Crippen molar-refractivity contribution < 1.29 is 9.53 Å². The number of hydrogen-bond donors (Lipinski definition) is 2. The highest BCUT2D eigenvalue weighted by molar-refractivity contribution is 5.90. The quantitative estimate of drug-likeness (QED) is 0.825. The monoisotopic (exact) mass is 298 g/mol. The molecule has 22 heavy (non-hydrogen) atoms. The van der Waals surface area contributed by atoms with Gasteiger partial charge in [-0.2, -0.15) is 0 Å². The van der Waals surface area contributed by atoms with Gasteiger partial charge in [-0.3, -0.25) is 0 Å². The van der Waals surface area contributed by atoms with E-state index in [1.54, 1.807) is 0 Å². The summed E-state index contributed by atoms with van der Waals surface area (Å²) in [5, 5.41) is 5.65. The predicted octanol–water partition coefficient (Wildman–Crippen LogP) is 3.81. The van der Waals surface area contributed by atoms with Gasteiger partial charge < -0.3 is 15.4 Å². The van der Waals surface area contributed by atoms with Crippen molar-refractivity contribution in [1.82, 2.24) is 5.32 Å². The van der Waals surface area contributed by atoms with Crippen molar-refractivity contribution in [3.05, 3.63) is 59.2 Å². The number of anilines is 1. The lowest BCUT2D eigenvalue weighted by Crippen LogP contribution is -2.32. The number of urea groups is 1. The zero-order valence-electron chi connectivity index (χ0n) is 13.3. The fourth-order valence-electron chi connectivity index (χ4n) is 2.08. The number of para-hydroxylation sites is 1. The number of carbonyl (C=O) groups excluding carboxylic acids is 1. The minimum atomic E-state index is -0.220. The van der Waals surface area contributed by atoms with Gasteiger partial charge in [0.1, 0.15) is 12.4 Å². The third-order valence-corrected chi connectivity index (χ3v) is 3.38. The molecule has 0 aliphatic carbocycles. The highest BCUT2D eigenvalue weighted by atomic mass is 16.5. The predicted molar refractivity (Wildman–Crippen MR) is 89.6 cm³/mol. The number of benzene rings is 2. The van der Waals surface area contributed by atoms with E-state index in [0.717, 1.165) is 28.1 Å². The summed E-state index contributed by atoms with van der Waals surface area (Å²) in [4.78, 5) is 11.9. The highest BCUT2D eigenvalue weighted by Crippen LogP contribution is 2.16. The van der Waals surface area contributed by atoms with Crippen LogP contribution >= 0.6 is 0 Å². The van der Waals surface area contributed by atoms with Crippen molar-refractivity contribution in [2.24, 2.45) is 0 Å². The molecule has 2 aromatic rings. The standard InChI is InChI=1S/C18H22N2O2/c1-13-8-9-14(2)16(12-13)20-18(21)19-10-11-22-17-7-5-4-6-15(17)3/h4-9,12H,10-11H2,1-3H3,(H2,19,20,21). The molecule has 0 aliphatic heterocycles. The van der Waals surface area contributed by atoms with Gasteiger partial charge >= 0.3 is 6.03 Å². The summed E-state index contributed by atoms with van der Waals surface area (Å²) in [6.45, 7) is 6.85. The molecule has 0 heterocycles. The molecule has 2 amide bonds. The van der Waals surface area contributed by atoms with E-state index in [1.165, 1.54) is 0 Å². The van der Waals surface area contributed by atoms with Crippen LogP contribution in [0.25, 0.3) is 0 Å². The number of ether oxygens (including phenoxy) is 1. The molecular weight excluding hydrogens is 276 g/mol. The van der Waals surface area contributed by atoms with E-state index >= 15 is 0 Å². The first-order chi connectivity index (χ1) is 10.6. The minimum Gasteiger partial charge on any atom is -0.491 e. The van der Waals surface area contributed by atoms with E-state index < -0.39 is 0 Å². The van der Waals surface area contributed by atoms with E-state index in [2.05, 4.69) is 10.6 Å². The number of nitrogens with one attached hydrogen (secondary N) is 2. The Labute approximate surface area is 131 Å². The molecule has 0 radical (unpaired) electrons. The van der Waals surface area contributed by atoms with Crippen LogP contribution in [0.1, 0.15) is 16.7 Å². The molecule has 0 fully saturated rings. The second kappa shape index (κ2) is 7.50. The Hall–Kier alpha value is -2.49. The molecule has 0 saturated carbocycles. The van der Waals surface area contributed by atoms with Gasteiger partial charge in [0.05, 0.1) is 6.54 Å². The van der Waals surface area contributed by atoms with Crippen molar-refractivity contribution in [3.63, 3.8) is 0 Å². The molecule has 2 N–H and O–H groups in total. The van der Waals surface area contributed by atoms with Crippen LogP contribution in [-0.4, -0.2) is 19.2 Å². The van der Waals surface area contributed by atoms with Crippen molar-refractivity contribution in [3.8, 4) is 5.75 Å². The number of carbonyl (C=O) groups is 1. The Bertz CT molecular complexity index is 653. The summed E-state index contributed by atoms with van der Waals surface area (Å²) >= 11 is 0. The molecule has 4 heteroatoms. The average Bonchev–Trinajstić information content (AvgIpc) is 2.49. The maximum absolute atomic E-state index is 11.9. The zero-order chi connectivity index (χ0) is 15.9. The smallest absolute Gasteiger partial charge is 0.319 e. The summed E-state index contributed by atoms with van der Waals surface area (Å²) < 4.78 is 5.64. The van der Waals surface area contributed by atoms with Gasteiger partial charge in [0, 0.05) is 5.69 Å².